The highest BCUT2D eigenvalue weighted by Gasteiger charge is 2.20. The van der Waals surface area contributed by atoms with Crippen molar-refractivity contribution in [3.05, 3.63) is 52.8 Å². The molecule has 0 unspecified atom stereocenters. The summed E-state index contributed by atoms with van der Waals surface area (Å²) in [7, 11) is 0. The van der Waals surface area contributed by atoms with Gasteiger partial charge in [0.1, 0.15) is 5.82 Å². The van der Waals surface area contributed by atoms with Gasteiger partial charge in [0.15, 0.2) is 5.82 Å². The monoisotopic (exact) mass is 415 g/mol. The lowest BCUT2D eigenvalue weighted by Crippen LogP contribution is -2.48. The maximum atomic E-state index is 11.6. The number of amides is 1. The number of aryl methyl sites for hydroxylation is 1. The normalized spacial score (nSPS) is 13.9. The minimum atomic E-state index is 0.110. The van der Waals surface area contributed by atoms with E-state index in [-0.39, 0.29) is 5.91 Å². The third-order valence-corrected chi connectivity index (χ3v) is 5.90. The summed E-state index contributed by atoms with van der Waals surface area (Å²) in [5.41, 5.74) is 3.51. The molecule has 1 saturated heterocycles. The zero-order valence-electron chi connectivity index (χ0n) is 18.0. The van der Waals surface area contributed by atoms with E-state index in [4.69, 9.17) is 0 Å². The topological polar surface area (TPSA) is 98.0 Å². The molecule has 8 nitrogen and oxygen atoms in total. The van der Waals surface area contributed by atoms with Crippen LogP contribution in [-0.4, -0.2) is 52.2 Å². The molecule has 0 aliphatic carbocycles. The van der Waals surface area contributed by atoms with Crippen molar-refractivity contribution in [3.63, 3.8) is 0 Å². The van der Waals surface area contributed by atoms with Crippen molar-refractivity contribution >= 4 is 28.3 Å². The van der Waals surface area contributed by atoms with Crippen LogP contribution in [0.25, 0.3) is 10.8 Å². The molecule has 1 aromatic carbocycles. The molecule has 1 aliphatic rings. The molecule has 0 radical (unpaired) electrons. The number of hydrogen-bond acceptors (Lipinski definition) is 7. The summed E-state index contributed by atoms with van der Waals surface area (Å²) in [6.45, 7) is 8.92. The van der Waals surface area contributed by atoms with Crippen molar-refractivity contribution in [2.24, 2.45) is 0 Å². The first-order valence-electron chi connectivity index (χ1n) is 10.3. The first-order chi connectivity index (χ1) is 15.0. The van der Waals surface area contributed by atoms with E-state index < -0.39 is 0 Å². The van der Waals surface area contributed by atoms with Gasteiger partial charge in [0.25, 0.3) is 0 Å². The number of fused-ring (bicyclic) bond motifs is 1. The lowest BCUT2D eigenvalue weighted by atomic mass is 10.0. The summed E-state index contributed by atoms with van der Waals surface area (Å²) in [6, 6.07) is 10.00. The molecule has 4 rings (SSSR count). The van der Waals surface area contributed by atoms with E-state index in [2.05, 4.69) is 31.5 Å². The number of benzene rings is 1. The van der Waals surface area contributed by atoms with Crippen LogP contribution in [0.3, 0.4) is 0 Å². The number of nitrogens with zero attached hydrogens (tertiary/aromatic N) is 6. The van der Waals surface area contributed by atoms with Gasteiger partial charge in [0.05, 0.1) is 17.3 Å². The van der Waals surface area contributed by atoms with Gasteiger partial charge in [-0.25, -0.2) is 4.98 Å². The number of aromatic nitrogens is 3. The second kappa shape index (κ2) is 8.56. The zero-order valence-corrected chi connectivity index (χ0v) is 18.0. The Balaban J connectivity index is 1.61. The van der Waals surface area contributed by atoms with Crippen molar-refractivity contribution in [1.29, 1.82) is 5.26 Å². The largest absolute Gasteiger partial charge is 0.364 e. The number of piperazine rings is 1. The van der Waals surface area contributed by atoms with E-state index >= 15 is 0 Å². The SMILES string of the molecule is CC(=O)N1CCN(c2cc3c(NCc4cccc(C#N)c4C)nnc(C)c3cn2)CC1. The van der Waals surface area contributed by atoms with E-state index in [0.717, 1.165) is 46.5 Å². The van der Waals surface area contributed by atoms with Crippen LogP contribution in [0.1, 0.15) is 29.3 Å². The molecule has 2 aromatic heterocycles. The average molecular weight is 416 g/mol. The Morgan fingerprint density at radius 2 is 1.94 bits per heavy atom. The highest BCUT2D eigenvalue weighted by atomic mass is 16.2. The first kappa shape index (κ1) is 20.5. The molecule has 158 valence electrons. The minimum absolute atomic E-state index is 0.110. The molecule has 0 atom stereocenters. The molecule has 1 N–H and O–H groups in total. The molecular weight excluding hydrogens is 390 g/mol. The number of hydrogen-bond donors (Lipinski definition) is 1. The summed E-state index contributed by atoms with van der Waals surface area (Å²) in [5, 5.41) is 23.3. The number of carbonyl (C=O) groups is 1. The predicted molar refractivity (Wildman–Crippen MR) is 120 cm³/mol. The Labute approximate surface area is 181 Å². The zero-order chi connectivity index (χ0) is 22.0. The Kier molecular flexibility index (Phi) is 5.67. The highest BCUT2D eigenvalue weighted by Crippen LogP contribution is 2.27. The van der Waals surface area contributed by atoms with Crippen LogP contribution < -0.4 is 10.2 Å². The van der Waals surface area contributed by atoms with Gasteiger partial charge >= 0.3 is 0 Å². The first-order valence-corrected chi connectivity index (χ1v) is 10.3. The Hall–Kier alpha value is -3.73. The van der Waals surface area contributed by atoms with E-state index in [1.54, 1.807) is 6.92 Å². The number of pyridine rings is 1. The fourth-order valence-corrected chi connectivity index (χ4v) is 3.89. The number of nitriles is 1. The summed E-state index contributed by atoms with van der Waals surface area (Å²) in [5.74, 6) is 1.67. The molecule has 1 aliphatic heterocycles. The molecule has 0 bridgehead atoms. The predicted octanol–water partition coefficient (Wildman–Crippen LogP) is 2.79. The second-order valence-corrected chi connectivity index (χ2v) is 7.77. The minimum Gasteiger partial charge on any atom is -0.364 e. The Bertz CT molecular complexity index is 1180. The van der Waals surface area contributed by atoms with Crippen molar-refractivity contribution in [2.75, 3.05) is 36.4 Å². The van der Waals surface area contributed by atoms with Gasteiger partial charge in [-0.2, -0.15) is 10.4 Å². The van der Waals surface area contributed by atoms with Gasteiger partial charge in [-0.1, -0.05) is 12.1 Å². The van der Waals surface area contributed by atoms with Crippen LogP contribution in [0.15, 0.2) is 30.5 Å². The molecule has 31 heavy (non-hydrogen) atoms. The fraction of sp³-hybridized carbons (Fsp3) is 0.348. The van der Waals surface area contributed by atoms with E-state index in [0.29, 0.717) is 31.0 Å². The third-order valence-electron chi connectivity index (χ3n) is 5.90. The van der Waals surface area contributed by atoms with E-state index in [1.807, 2.05) is 49.2 Å². The van der Waals surface area contributed by atoms with Crippen LogP contribution in [0.4, 0.5) is 11.6 Å². The van der Waals surface area contributed by atoms with Gasteiger partial charge in [-0.05, 0) is 37.1 Å². The van der Waals surface area contributed by atoms with Gasteiger partial charge < -0.3 is 15.1 Å². The van der Waals surface area contributed by atoms with Crippen molar-refractivity contribution in [2.45, 2.75) is 27.3 Å². The van der Waals surface area contributed by atoms with Crippen molar-refractivity contribution < 1.29 is 4.79 Å². The van der Waals surface area contributed by atoms with E-state index in [1.165, 1.54) is 0 Å². The summed E-state index contributed by atoms with van der Waals surface area (Å²) >= 11 is 0. The summed E-state index contributed by atoms with van der Waals surface area (Å²) in [6.07, 6.45) is 1.85. The Morgan fingerprint density at radius 1 is 1.16 bits per heavy atom. The third kappa shape index (κ3) is 4.12. The Morgan fingerprint density at radius 3 is 2.65 bits per heavy atom. The maximum absolute atomic E-state index is 11.6. The lowest BCUT2D eigenvalue weighted by molar-refractivity contribution is -0.129. The molecule has 3 heterocycles. The molecule has 1 fully saturated rings. The molecule has 3 aromatic rings. The van der Waals surface area contributed by atoms with E-state index in [9.17, 15) is 10.1 Å². The molecule has 1 amide bonds. The number of rotatable bonds is 4. The lowest BCUT2D eigenvalue weighted by Gasteiger charge is -2.35. The van der Waals surface area contributed by atoms with Crippen LogP contribution in [0.5, 0.6) is 0 Å². The van der Waals surface area contributed by atoms with Gasteiger partial charge in [0.2, 0.25) is 5.91 Å². The van der Waals surface area contributed by atoms with Gasteiger partial charge in [0, 0.05) is 56.6 Å². The highest BCUT2D eigenvalue weighted by molar-refractivity contribution is 5.94. The summed E-state index contributed by atoms with van der Waals surface area (Å²) < 4.78 is 0. The summed E-state index contributed by atoms with van der Waals surface area (Å²) in [4.78, 5) is 20.3. The second-order valence-electron chi connectivity index (χ2n) is 7.77. The number of anilines is 2. The smallest absolute Gasteiger partial charge is 0.219 e. The van der Waals surface area contributed by atoms with Gasteiger partial charge in [-0.15, -0.1) is 5.10 Å². The average Bonchev–Trinajstić information content (AvgIpc) is 2.79. The molecule has 0 spiro atoms. The van der Waals surface area contributed by atoms with Crippen LogP contribution in [0.2, 0.25) is 0 Å². The molecule has 0 saturated carbocycles. The maximum Gasteiger partial charge on any atom is 0.219 e. The van der Waals surface area contributed by atoms with Crippen LogP contribution in [-0.2, 0) is 11.3 Å². The number of nitrogens with one attached hydrogen (secondary N) is 1. The van der Waals surface area contributed by atoms with Gasteiger partial charge in [-0.3, -0.25) is 4.79 Å². The molecule has 8 heteroatoms. The number of carbonyl (C=O) groups excluding carboxylic acids is 1. The van der Waals surface area contributed by atoms with Crippen molar-refractivity contribution in [1.82, 2.24) is 20.1 Å². The van der Waals surface area contributed by atoms with Crippen molar-refractivity contribution in [3.8, 4) is 6.07 Å². The molecular formula is C23H25N7O. The quantitative estimate of drug-likeness (QED) is 0.700. The van der Waals surface area contributed by atoms with Crippen LogP contribution in [0, 0.1) is 25.2 Å². The standard InChI is InChI=1S/C23H25N7O/c1-15-18(12-24)5-4-6-19(15)13-26-23-20-11-22(25-14-21(20)16(2)27-28-23)30-9-7-29(8-10-30)17(3)31/h4-6,11,14H,7-10,13H2,1-3H3,(H,26,28). The fourth-order valence-electron chi connectivity index (χ4n) is 3.89. The van der Waals surface area contributed by atoms with Crippen LogP contribution >= 0.6 is 0 Å².